The number of hydrogen-bond acceptors (Lipinski definition) is 2. The van der Waals surface area contributed by atoms with Crippen molar-refractivity contribution >= 4 is 11.6 Å². The Morgan fingerprint density at radius 3 is 2.44 bits per heavy atom. The molecule has 0 unspecified atom stereocenters. The van der Waals surface area contributed by atoms with Crippen molar-refractivity contribution in [1.29, 1.82) is 0 Å². The maximum absolute atomic E-state index is 6.45. The largest absolute Gasteiger partial charge is 0.317 e. The molecule has 1 saturated heterocycles. The van der Waals surface area contributed by atoms with E-state index in [1.165, 1.54) is 37.8 Å². The molecule has 0 radical (unpaired) electrons. The lowest BCUT2D eigenvalue weighted by Crippen LogP contribution is -2.26. The fourth-order valence-electron chi connectivity index (χ4n) is 2.69. The van der Waals surface area contributed by atoms with Gasteiger partial charge in [0.15, 0.2) is 0 Å². The number of hydrogen-bond donors (Lipinski definition) is 2. The lowest BCUT2D eigenvalue weighted by atomic mass is 9.82. The van der Waals surface area contributed by atoms with E-state index in [-0.39, 0.29) is 0 Å². The molecule has 1 aromatic rings. The van der Waals surface area contributed by atoms with Crippen LogP contribution in [0, 0.1) is 0 Å². The van der Waals surface area contributed by atoms with Crippen molar-refractivity contribution in [3.63, 3.8) is 0 Å². The van der Waals surface area contributed by atoms with E-state index >= 15 is 0 Å². The van der Waals surface area contributed by atoms with Crippen LogP contribution in [0.3, 0.4) is 0 Å². The van der Waals surface area contributed by atoms with Crippen molar-refractivity contribution in [2.24, 2.45) is 0 Å². The number of aromatic nitrogens is 2. The molecule has 2 N–H and O–H groups in total. The minimum Gasteiger partial charge on any atom is -0.317 e. The van der Waals surface area contributed by atoms with Crippen LogP contribution in [-0.2, 0) is 0 Å². The number of nitrogens with one attached hydrogen (secondary N) is 2. The van der Waals surface area contributed by atoms with Crippen molar-refractivity contribution in [2.75, 3.05) is 13.1 Å². The van der Waals surface area contributed by atoms with Gasteiger partial charge in [0.2, 0.25) is 0 Å². The van der Waals surface area contributed by atoms with Gasteiger partial charge in [0.1, 0.15) is 0 Å². The average molecular weight is 240 g/mol. The molecule has 3 rings (SSSR count). The molecular weight excluding hydrogens is 222 g/mol. The number of aromatic amines is 1. The lowest BCUT2D eigenvalue weighted by molar-refractivity contribution is 0.411. The summed E-state index contributed by atoms with van der Waals surface area (Å²) < 4.78 is 0. The van der Waals surface area contributed by atoms with Crippen molar-refractivity contribution < 1.29 is 0 Å². The first-order valence-corrected chi connectivity index (χ1v) is 6.68. The summed E-state index contributed by atoms with van der Waals surface area (Å²) in [7, 11) is 0. The maximum atomic E-state index is 6.45. The second-order valence-electron chi connectivity index (χ2n) is 4.99. The van der Waals surface area contributed by atoms with Gasteiger partial charge in [0.25, 0.3) is 0 Å². The van der Waals surface area contributed by atoms with Crippen molar-refractivity contribution in [3.05, 3.63) is 16.4 Å². The topological polar surface area (TPSA) is 40.7 Å². The monoisotopic (exact) mass is 239 g/mol. The minimum atomic E-state index is 0.579. The molecular formula is C12H18ClN3. The summed E-state index contributed by atoms with van der Waals surface area (Å²) in [5.41, 5.74) is 2.31. The maximum Gasteiger partial charge on any atom is 0.0853 e. The first kappa shape index (κ1) is 10.6. The summed E-state index contributed by atoms with van der Waals surface area (Å²) in [5.74, 6) is 1.20. The van der Waals surface area contributed by atoms with Crippen LogP contribution in [0.4, 0.5) is 0 Å². The number of rotatable bonds is 2. The van der Waals surface area contributed by atoms with Crippen LogP contribution in [0.5, 0.6) is 0 Å². The van der Waals surface area contributed by atoms with Crippen LogP contribution in [0.2, 0.25) is 5.02 Å². The van der Waals surface area contributed by atoms with Crippen LogP contribution in [0.15, 0.2) is 0 Å². The Labute approximate surface area is 101 Å². The van der Waals surface area contributed by atoms with Gasteiger partial charge in [-0.25, -0.2) is 0 Å². The predicted molar refractivity (Wildman–Crippen MR) is 65.0 cm³/mol. The Balaban J connectivity index is 1.81. The molecule has 88 valence electrons. The zero-order chi connectivity index (χ0) is 11.0. The first-order valence-electron chi connectivity index (χ1n) is 6.30. The Hall–Kier alpha value is -0.540. The Kier molecular flexibility index (Phi) is 2.90. The molecule has 1 aliphatic heterocycles. The van der Waals surface area contributed by atoms with Gasteiger partial charge in [-0.3, -0.25) is 5.10 Å². The highest BCUT2D eigenvalue weighted by Crippen LogP contribution is 2.41. The number of piperidine rings is 1. The van der Waals surface area contributed by atoms with E-state index in [0.717, 1.165) is 23.8 Å². The Bertz CT molecular complexity index is 364. The Morgan fingerprint density at radius 2 is 1.81 bits per heavy atom. The van der Waals surface area contributed by atoms with E-state index in [4.69, 9.17) is 11.6 Å². The SMILES string of the molecule is Clc1c(C2CCC2)n[nH]c1C1CCNCC1. The van der Waals surface area contributed by atoms with Gasteiger partial charge in [0, 0.05) is 11.8 Å². The van der Waals surface area contributed by atoms with Gasteiger partial charge in [-0.2, -0.15) is 5.10 Å². The van der Waals surface area contributed by atoms with Crippen molar-refractivity contribution in [1.82, 2.24) is 15.5 Å². The quantitative estimate of drug-likeness (QED) is 0.833. The smallest absolute Gasteiger partial charge is 0.0853 e. The summed E-state index contributed by atoms with van der Waals surface area (Å²) in [6.45, 7) is 2.19. The van der Waals surface area contributed by atoms with Crippen molar-refractivity contribution in [2.45, 2.75) is 43.9 Å². The van der Waals surface area contributed by atoms with Crippen LogP contribution in [0.1, 0.15) is 55.3 Å². The van der Waals surface area contributed by atoms with E-state index in [2.05, 4.69) is 15.5 Å². The van der Waals surface area contributed by atoms with E-state index in [9.17, 15) is 0 Å². The fraction of sp³-hybridized carbons (Fsp3) is 0.750. The standard InChI is InChI=1S/C12H18ClN3/c13-10-11(8-2-1-3-8)15-16-12(10)9-4-6-14-7-5-9/h8-9,14H,1-7H2,(H,15,16). The summed E-state index contributed by atoms with van der Waals surface area (Å²) >= 11 is 6.45. The minimum absolute atomic E-state index is 0.579. The first-order chi connectivity index (χ1) is 7.86. The van der Waals surface area contributed by atoms with Gasteiger partial charge >= 0.3 is 0 Å². The third kappa shape index (κ3) is 1.76. The molecule has 2 fully saturated rings. The van der Waals surface area contributed by atoms with Crippen LogP contribution in [0.25, 0.3) is 0 Å². The molecule has 1 saturated carbocycles. The van der Waals surface area contributed by atoms with Gasteiger partial charge < -0.3 is 5.32 Å². The van der Waals surface area contributed by atoms with E-state index in [1.54, 1.807) is 0 Å². The molecule has 1 aliphatic carbocycles. The van der Waals surface area contributed by atoms with E-state index < -0.39 is 0 Å². The molecule has 16 heavy (non-hydrogen) atoms. The van der Waals surface area contributed by atoms with Gasteiger partial charge in [0.05, 0.1) is 16.4 Å². The second kappa shape index (κ2) is 4.38. The molecule has 0 amide bonds. The zero-order valence-electron chi connectivity index (χ0n) is 9.43. The van der Waals surface area contributed by atoms with Crippen LogP contribution in [-0.4, -0.2) is 23.3 Å². The predicted octanol–water partition coefficient (Wildman–Crippen LogP) is 2.80. The molecule has 0 bridgehead atoms. The van der Waals surface area contributed by atoms with Gasteiger partial charge in [-0.05, 0) is 38.8 Å². The Morgan fingerprint density at radius 1 is 1.06 bits per heavy atom. The van der Waals surface area contributed by atoms with Crippen molar-refractivity contribution in [3.8, 4) is 0 Å². The summed E-state index contributed by atoms with van der Waals surface area (Å²) in [6, 6.07) is 0. The number of H-pyrrole nitrogens is 1. The lowest BCUT2D eigenvalue weighted by Gasteiger charge is -2.24. The number of nitrogens with zero attached hydrogens (tertiary/aromatic N) is 1. The van der Waals surface area contributed by atoms with Crippen LogP contribution < -0.4 is 5.32 Å². The molecule has 1 aromatic heterocycles. The molecule has 0 atom stereocenters. The summed E-state index contributed by atoms with van der Waals surface area (Å²) in [4.78, 5) is 0. The molecule has 0 spiro atoms. The molecule has 2 heterocycles. The van der Waals surface area contributed by atoms with Gasteiger partial charge in [-0.15, -0.1) is 0 Å². The highest BCUT2D eigenvalue weighted by molar-refractivity contribution is 6.32. The number of halogens is 1. The fourth-order valence-corrected chi connectivity index (χ4v) is 3.08. The third-order valence-corrected chi connectivity index (χ3v) is 4.39. The second-order valence-corrected chi connectivity index (χ2v) is 5.37. The molecule has 4 heteroatoms. The average Bonchev–Trinajstić information content (AvgIpc) is 2.60. The van der Waals surface area contributed by atoms with Gasteiger partial charge in [-0.1, -0.05) is 18.0 Å². The highest BCUT2D eigenvalue weighted by Gasteiger charge is 2.28. The zero-order valence-corrected chi connectivity index (χ0v) is 10.2. The molecule has 0 aromatic carbocycles. The normalized spacial score (nSPS) is 23.3. The highest BCUT2D eigenvalue weighted by atomic mass is 35.5. The molecule has 2 aliphatic rings. The van der Waals surface area contributed by atoms with E-state index in [0.29, 0.717) is 11.8 Å². The summed E-state index contributed by atoms with van der Waals surface area (Å²) in [5, 5.41) is 11.9. The summed E-state index contributed by atoms with van der Waals surface area (Å²) in [6.07, 6.45) is 6.20. The molecule has 3 nitrogen and oxygen atoms in total. The third-order valence-electron chi connectivity index (χ3n) is 4.00. The van der Waals surface area contributed by atoms with E-state index in [1.807, 2.05) is 0 Å². The van der Waals surface area contributed by atoms with Crippen LogP contribution >= 0.6 is 11.6 Å².